The van der Waals surface area contributed by atoms with Gasteiger partial charge in [-0.3, -0.25) is 4.79 Å². The standard InChI is InChI=1S/C19H24F3N3O5S/c20-19(21,22)30-16-3-1-15(2-4-16)25-10-7-18(17(25)26)5-8-23(9-6-18)31(27,28)24-11-13-29-14-12-24/h1-4H,5-14H2. The van der Waals surface area contributed by atoms with Crippen LogP contribution >= 0.6 is 0 Å². The molecule has 4 rings (SSSR count). The van der Waals surface area contributed by atoms with Crippen molar-refractivity contribution in [2.24, 2.45) is 5.41 Å². The van der Waals surface area contributed by atoms with Gasteiger partial charge in [0.2, 0.25) is 5.91 Å². The molecule has 172 valence electrons. The zero-order chi connectivity index (χ0) is 22.3. The number of ether oxygens (including phenoxy) is 2. The second kappa shape index (κ2) is 8.23. The Labute approximate surface area is 178 Å². The van der Waals surface area contributed by atoms with Gasteiger partial charge < -0.3 is 14.4 Å². The van der Waals surface area contributed by atoms with E-state index in [1.54, 1.807) is 4.90 Å². The van der Waals surface area contributed by atoms with Crippen molar-refractivity contribution in [3.05, 3.63) is 24.3 Å². The first-order valence-corrected chi connectivity index (χ1v) is 11.5. The Morgan fingerprint density at radius 1 is 0.903 bits per heavy atom. The number of benzene rings is 1. The number of nitrogens with zero attached hydrogens (tertiary/aromatic N) is 3. The summed E-state index contributed by atoms with van der Waals surface area (Å²) in [7, 11) is -3.58. The average Bonchev–Trinajstić information content (AvgIpc) is 3.04. The third-order valence-electron chi connectivity index (χ3n) is 6.20. The summed E-state index contributed by atoms with van der Waals surface area (Å²) in [4.78, 5) is 14.7. The predicted molar refractivity (Wildman–Crippen MR) is 105 cm³/mol. The SMILES string of the molecule is O=C1N(c2ccc(OC(F)(F)F)cc2)CCC12CCN(S(=O)(=O)N1CCOCC1)CC2. The van der Waals surface area contributed by atoms with Gasteiger partial charge in [-0.15, -0.1) is 13.2 Å². The third-order valence-corrected chi connectivity index (χ3v) is 8.23. The molecule has 3 aliphatic rings. The second-order valence-electron chi connectivity index (χ2n) is 7.95. The molecular weight excluding hydrogens is 439 g/mol. The summed E-state index contributed by atoms with van der Waals surface area (Å²) in [6.45, 7) is 2.35. The van der Waals surface area contributed by atoms with E-state index in [0.717, 1.165) is 0 Å². The Balaban J connectivity index is 1.40. The number of carbonyl (C=O) groups excluding carboxylic acids is 1. The zero-order valence-electron chi connectivity index (χ0n) is 16.8. The van der Waals surface area contributed by atoms with Crippen molar-refractivity contribution in [2.45, 2.75) is 25.6 Å². The van der Waals surface area contributed by atoms with Gasteiger partial charge in [-0.25, -0.2) is 0 Å². The highest BCUT2D eigenvalue weighted by atomic mass is 32.2. The van der Waals surface area contributed by atoms with E-state index in [2.05, 4.69) is 4.74 Å². The quantitative estimate of drug-likeness (QED) is 0.683. The van der Waals surface area contributed by atoms with Gasteiger partial charge in [-0.05, 0) is 43.5 Å². The van der Waals surface area contributed by atoms with Gasteiger partial charge >= 0.3 is 6.36 Å². The summed E-state index contributed by atoms with van der Waals surface area (Å²) in [6, 6.07) is 5.21. The molecule has 0 radical (unpaired) electrons. The molecule has 1 spiro atoms. The number of halogens is 3. The van der Waals surface area contributed by atoms with E-state index < -0.39 is 22.0 Å². The number of carbonyl (C=O) groups is 1. The lowest BCUT2D eigenvalue weighted by Gasteiger charge is -2.39. The van der Waals surface area contributed by atoms with Gasteiger partial charge in [0.1, 0.15) is 5.75 Å². The van der Waals surface area contributed by atoms with E-state index in [1.807, 2.05) is 0 Å². The number of alkyl halides is 3. The van der Waals surface area contributed by atoms with Crippen LogP contribution in [0.15, 0.2) is 24.3 Å². The molecule has 0 bridgehead atoms. The van der Waals surface area contributed by atoms with E-state index in [4.69, 9.17) is 4.74 Å². The lowest BCUT2D eigenvalue weighted by Crippen LogP contribution is -2.53. The molecule has 1 aromatic carbocycles. The van der Waals surface area contributed by atoms with Crippen LogP contribution in [0.4, 0.5) is 18.9 Å². The Kier molecular flexibility index (Phi) is 5.92. The highest BCUT2D eigenvalue weighted by Gasteiger charge is 2.50. The second-order valence-corrected chi connectivity index (χ2v) is 9.88. The van der Waals surface area contributed by atoms with Crippen molar-refractivity contribution in [3.63, 3.8) is 0 Å². The lowest BCUT2D eigenvalue weighted by molar-refractivity contribution is -0.274. The molecule has 0 atom stereocenters. The molecule has 0 unspecified atom stereocenters. The first-order valence-electron chi connectivity index (χ1n) is 10.1. The van der Waals surface area contributed by atoms with Crippen LogP contribution in [-0.2, 0) is 19.7 Å². The first kappa shape index (κ1) is 22.3. The molecule has 3 saturated heterocycles. The molecular formula is C19H24F3N3O5S. The van der Waals surface area contributed by atoms with Crippen LogP contribution in [-0.4, -0.2) is 75.2 Å². The highest BCUT2D eigenvalue weighted by Crippen LogP contribution is 2.44. The largest absolute Gasteiger partial charge is 0.573 e. The number of hydrogen-bond donors (Lipinski definition) is 0. The van der Waals surface area contributed by atoms with Crippen LogP contribution in [0.2, 0.25) is 0 Å². The van der Waals surface area contributed by atoms with Gasteiger partial charge in [-0.2, -0.15) is 17.0 Å². The van der Waals surface area contributed by atoms with E-state index >= 15 is 0 Å². The Bertz CT molecular complexity index is 909. The van der Waals surface area contributed by atoms with Crippen LogP contribution in [0, 0.1) is 5.41 Å². The zero-order valence-corrected chi connectivity index (χ0v) is 17.6. The van der Waals surface area contributed by atoms with Crippen LogP contribution in [0.25, 0.3) is 0 Å². The number of anilines is 1. The van der Waals surface area contributed by atoms with E-state index in [-0.39, 0.29) is 24.7 Å². The normalized spacial score (nSPS) is 23.5. The minimum absolute atomic E-state index is 0.111. The molecule has 0 aromatic heterocycles. The molecule has 1 amide bonds. The fourth-order valence-corrected chi connectivity index (χ4v) is 6.03. The molecule has 1 aromatic rings. The van der Waals surface area contributed by atoms with Crippen molar-refractivity contribution in [3.8, 4) is 5.75 Å². The Hall–Kier alpha value is -1.89. The summed E-state index contributed by atoms with van der Waals surface area (Å²) in [5.41, 5.74) is -0.141. The summed E-state index contributed by atoms with van der Waals surface area (Å²) >= 11 is 0. The fraction of sp³-hybridized carbons (Fsp3) is 0.632. The molecule has 0 saturated carbocycles. The number of morpholine rings is 1. The molecule has 31 heavy (non-hydrogen) atoms. The van der Waals surface area contributed by atoms with Gasteiger partial charge in [0.05, 0.1) is 18.6 Å². The van der Waals surface area contributed by atoms with Crippen LogP contribution in [0.1, 0.15) is 19.3 Å². The monoisotopic (exact) mass is 463 g/mol. The molecule has 3 aliphatic heterocycles. The number of rotatable bonds is 4. The predicted octanol–water partition coefficient (Wildman–Crippen LogP) is 1.98. The Morgan fingerprint density at radius 2 is 1.45 bits per heavy atom. The van der Waals surface area contributed by atoms with Crippen molar-refractivity contribution in [2.75, 3.05) is 50.8 Å². The van der Waals surface area contributed by atoms with E-state index in [1.165, 1.54) is 32.9 Å². The van der Waals surface area contributed by atoms with Crippen molar-refractivity contribution >= 4 is 21.8 Å². The third kappa shape index (κ3) is 4.52. The van der Waals surface area contributed by atoms with Crippen molar-refractivity contribution < 1.29 is 35.9 Å². The molecule has 0 aliphatic carbocycles. The number of amides is 1. The number of piperidine rings is 1. The maximum absolute atomic E-state index is 13.2. The Morgan fingerprint density at radius 3 is 2.03 bits per heavy atom. The van der Waals surface area contributed by atoms with Gasteiger partial charge in [0.25, 0.3) is 10.2 Å². The summed E-state index contributed by atoms with van der Waals surface area (Å²) < 4.78 is 74.7. The van der Waals surface area contributed by atoms with E-state index in [9.17, 15) is 26.4 Å². The van der Waals surface area contributed by atoms with Gasteiger partial charge in [-0.1, -0.05) is 0 Å². The highest BCUT2D eigenvalue weighted by molar-refractivity contribution is 7.86. The van der Waals surface area contributed by atoms with Crippen molar-refractivity contribution in [1.29, 1.82) is 0 Å². The van der Waals surface area contributed by atoms with Crippen LogP contribution < -0.4 is 9.64 Å². The maximum Gasteiger partial charge on any atom is 0.573 e. The minimum atomic E-state index is -4.77. The topological polar surface area (TPSA) is 79.4 Å². The lowest BCUT2D eigenvalue weighted by atomic mass is 9.77. The molecule has 3 heterocycles. The summed E-state index contributed by atoms with van der Waals surface area (Å²) in [5.74, 6) is -0.459. The van der Waals surface area contributed by atoms with E-state index in [0.29, 0.717) is 57.8 Å². The number of hydrogen-bond acceptors (Lipinski definition) is 5. The van der Waals surface area contributed by atoms with Gasteiger partial charge in [0, 0.05) is 38.4 Å². The molecule has 0 N–H and O–H groups in total. The smallest absolute Gasteiger partial charge is 0.406 e. The fourth-order valence-electron chi connectivity index (χ4n) is 4.44. The average molecular weight is 463 g/mol. The maximum atomic E-state index is 13.2. The molecule has 12 heteroatoms. The summed E-state index contributed by atoms with van der Waals surface area (Å²) in [5, 5.41) is 0. The summed E-state index contributed by atoms with van der Waals surface area (Å²) in [6.07, 6.45) is -3.36. The van der Waals surface area contributed by atoms with Crippen LogP contribution in [0.3, 0.4) is 0 Å². The molecule has 3 fully saturated rings. The minimum Gasteiger partial charge on any atom is -0.406 e. The van der Waals surface area contributed by atoms with Crippen molar-refractivity contribution in [1.82, 2.24) is 8.61 Å². The van der Waals surface area contributed by atoms with Gasteiger partial charge in [0.15, 0.2) is 0 Å². The van der Waals surface area contributed by atoms with Crippen LogP contribution in [0.5, 0.6) is 5.75 Å². The first-order chi connectivity index (χ1) is 14.6. The molecule has 8 nitrogen and oxygen atoms in total.